The van der Waals surface area contributed by atoms with Gasteiger partial charge in [-0.05, 0) is 42.8 Å². The summed E-state index contributed by atoms with van der Waals surface area (Å²) >= 11 is 6.82. The summed E-state index contributed by atoms with van der Waals surface area (Å²) in [6.07, 6.45) is 0. The van der Waals surface area contributed by atoms with Gasteiger partial charge in [0.2, 0.25) is 0 Å². The second-order valence-corrected chi connectivity index (χ2v) is 5.87. The Morgan fingerprint density at radius 1 is 1.06 bits per heavy atom. The quantitative estimate of drug-likeness (QED) is 0.796. The van der Waals surface area contributed by atoms with Crippen LogP contribution in [0.3, 0.4) is 0 Å². The van der Waals surface area contributed by atoms with Crippen molar-refractivity contribution < 1.29 is 4.74 Å². The van der Waals surface area contributed by atoms with Gasteiger partial charge in [-0.1, -0.05) is 37.9 Å². The van der Waals surface area contributed by atoms with Crippen molar-refractivity contribution in [1.82, 2.24) is 0 Å². The minimum absolute atomic E-state index is 0.474. The molecule has 0 aromatic heterocycles. The third-order valence-electron chi connectivity index (χ3n) is 2.63. The Kier molecular flexibility index (Phi) is 4.30. The van der Waals surface area contributed by atoms with E-state index in [1.807, 2.05) is 43.3 Å². The Morgan fingerprint density at radius 2 is 1.72 bits per heavy atom. The van der Waals surface area contributed by atoms with E-state index in [1.54, 1.807) is 0 Å². The number of nitrogens with two attached hydrogens (primary N) is 1. The fourth-order valence-corrected chi connectivity index (χ4v) is 2.48. The zero-order valence-corrected chi connectivity index (χ0v) is 13.1. The first-order chi connectivity index (χ1) is 8.56. The number of hydrogen-bond donors (Lipinski definition) is 1. The van der Waals surface area contributed by atoms with Crippen molar-refractivity contribution in [1.29, 1.82) is 0 Å². The highest BCUT2D eigenvalue weighted by atomic mass is 79.9. The van der Waals surface area contributed by atoms with E-state index >= 15 is 0 Å². The van der Waals surface area contributed by atoms with Gasteiger partial charge in [0.1, 0.15) is 12.4 Å². The first-order valence-corrected chi connectivity index (χ1v) is 7.08. The highest BCUT2D eigenvalue weighted by Crippen LogP contribution is 2.25. The maximum atomic E-state index is 5.93. The molecule has 0 spiro atoms. The number of aryl methyl sites for hydroxylation is 1. The molecule has 2 aromatic rings. The molecule has 2 N–H and O–H groups in total. The van der Waals surface area contributed by atoms with Crippen molar-refractivity contribution in [2.24, 2.45) is 0 Å². The van der Waals surface area contributed by atoms with E-state index in [9.17, 15) is 0 Å². The standard InChI is InChI=1S/C14H13Br2NO/c1-9-6-11(15)4-5-14(9)18-8-10-2-3-12(16)7-13(10)17/h2-7H,8,17H2,1H3. The highest BCUT2D eigenvalue weighted by molar-refractivity contribution is 9.10. The van der Waals surface area contributed by atoms with Gasteiger partial charge in [0.25, 0.3) is 0 Å². The lowest BCUT2D eigenvalue weighted by atomic mass is 10.2. The fraction of sp³-hybridized carbons (Fsp3) is 0.143. The van der Waals surface area contributed by atoms with Crippen molar-refractivity contribution in [3.63, 3.8) is 0 Å². The molecule has 2 aromatic carbocycles. The molecule has 0 aliphatic carbocycles. The third-order valence-corrected chi connectivity index (χ3v) is 3.61. The lowest BCUT2D eigenvalue weighted by molar-refractivity contribution is 0.304. The van der Waals surface area contributed by atoms with Gasteiger partial charge in [0, 0.05) is 20.2 Å². The zero-order chi connectivity index (χ0) is 13.1. The maximum absolute atomic E-state index is 5.93. The Balaban J connectivity index is 2.11. The first-order valence-electron chi connectivity index (χ1n) is 5.49. The van der Waals surface area contributed by atoms with Crippen LogP contribution < -0.4 is 10.5 Å². The highest BCUT2D eigenvalue weighted by Gasteiger charge is 2.03. The van der Waals surface area contributed by atoms with E-state index in [2.05, 4.69) is 31.9 Å². The molecule has 94 valence electrons. The van der Waals surface area contributed by atoms with E-state index in [0.29, 0.717) is 6.61 Å². The second-order valence-electron chi connectivity index (χ2n) is 4.04. The van der Waals surface area contributed by atoms with Crippen LogP contribution in [0.25, 0.3) is 0 Å². The van der Waals surface area contributed by atoms with Crippen LogP contribution >= 0.6 is 31.9 Å². The minimum atomic E-state index is 0.474. The molecule has 0 radical (unpaired) electrons. The molecule has 0 fully saturated rings. The summed E-state index contributed by atoms with van der Waals surface area (Å²) in [7, 11) is 0. The van der Waals surface area contributed by atoms with E-state index < -0.39 is 0 Å². The topological polar surface area (TPSA) is 35.2 Å². The van der Waals surface area contributed by atoms with Crippen molar-refractivity contribution in [3.05, 3.63) is 56.5 Å². The normalized spacial score (nSPS) is 10.4. The van der Waals surface area contributed by atoms with Crippen LogP contribution in [0.1, 0.15) is 11.1 Å². The largest absolute Gasteiger partial charge is 0.489 e. The third kappa shape index (κ3) is 3.27. The summed E-state index contributed by atoms with van der Waals surface area (Å²) in [5.74, 6) is 0.875. The van der Waals surface area contributed by atoms with Gasteiger partial charge in [-0.15, -0.1) is 0 Å². The van der Waals surface area contributed by atoms with Crippen LogP contribution in [-0.2, 0) is 6.61 Å². The van der Waals surface area contributed by atoms with Gasteiger partial charge in [-0.2, -0.15) is 0 Å². The second kappa shape index (κ2) is 5.76. The van der Waals surface area contributed by atoms with Crippen LogP contribution in [0.15, 0.2) is 45.3 Å². The minimum Gasteiger partial charge on any atom is -0.489 e. The predicted octanol–water partition coefficient (Wildman–Crippen LogP) is 4.68. The molecule has 4 heteroatoms. The molecular weight excluding hydrogens is 358 g/mol. The van der Waals surface area contributed by atoms with Crippen LogP contribution in [0.4, 0.5) is 5.69 Å². The molecule has 18 heavy (non-hydrogen) atoms. The average Bonchev–Trinajstić information content (AvgIpc) is 2.30. The number of ether oxygens (including phenoxy) is 1. The SMILES string of the molecule is Cc1cc(Br)ccc1OCc1ccc(Br)cc1N. The molecule has 0 atom stereocenters. The summed E-state index contributed by atoms with van der Waals surface area (Å²) in [4.78, 5) is 0. The maximum Gasteiger partial charge on any atom is 0.122 e. The first kappa shape index (κ1) is 13.4. The molecule has 0 aliphatic rings. The van der Waals surface area contributed by atoms with Crippen molar-refractivity contribution in [3.8, 4) is 5.75 Å². The summed E-state index contributed by atoms with van der Waals surface area (Å²) in [6.45, 7) is 2.49. The molecule has 0 saturated heterocycles. The number of anilines is 1. The van der Waals surface area contributed by atoms with Crippen molar-refractivity contribution in [2.45, 2.75) is 13.5 Å². The lowest BCUT2D eigenvalue weighted by Crippen LogP contribution is -2.01. The summed E-state index contributed by atoms with van der Waals surface area (Å²) in [5.41, 5.74) is 8.75. The van der Waals surface area contributed by atoms with Crippen LogP contribution in [0.2, 0.25) is 0 Å². The molecule has 0 unspecified atom stereocenters. The van der Waals surface area contributed by atoms with Gasteiger partial charge < -0.3 is 10.5 Å². The van der Waals surface area contributed by atoms with E-state index in [-0.39, 0.29) is 0 Å². The fourth-order valence-electron chi connectivity index (χ4n) is 1.63. The Hall–Kier alpha value is -1.00. The lowest BCUT2D eigenvalue weighted by Gasteiger charge is -2.11. The molecule has 0 heterocycles. The van der Waals surface area contributed by atoms with Gasteiger partial charge in [0.15, 0.2) is 0 Å². The van der Waals surface area contributed by atoms with Crippen molar-refractivity contribution in [2.75, 3.05) is 5.73 Å². The molecule has 0 amide bonds. The van der Waals surface area contributed by atoms with Gasteiger partial charge in [0.05, 0.1) is 0 Å². The molecular formula is C14H13Br2NO. The monoisotopic (exact) mass is 369 g/mol. The smallest absolute Gasteiger partial charge is 0.122 e. The Bertz CT molecular complexity index is 518. The zero-order valence-electron chi connectivity index (χ0n) is 9.91. The summed E-state index contributed by atoms with van der Waals surface area (Å²) < 4.78 is 7.81. The van der Waals surface area contributed by atoms with Gasteiger partial charge in [-0.25, -0.2) is 0 Å². The molecule has 0 aliphatic heterocycles. The van der Waals surface area contributed by atoms with E-state index in [4.69, 9.17) is 10.5 Å². The summed E-state index contributed by atoms with van der Waals surface area (Å²) in [5, 5.41) is 0. The van der Waals surface area contributed by atoms with E-state index in [0.717, 1.165) is 31.5 Å². The number of halogens is 2. The molecule has 0 saturated carbocycles. The number of hydrogen-bond acceptors (Lipinski definition) is 2. The van der Waals surface area contributed by atoms with Crippen LogP contribution in [0, 0.1) is 6.92 Å². The van der Waals surface area contributed by atoms with Gasteiger partial charge in [-0.3, -0.25) is 0 Å². The number of benzene rings is 2. The van der Waals surface area contributed by atoms with Crippen LogP contribution in [0.5, 0.6) is 5.75 Å². The Labute approximate surface area is 123 Å². The number of nitrogen functional groups attached to an aromatic ring is 1. The van der Waals surface area contributed by atoms with Crippen molar-refractivity contribution >= 4 is 37.5 Å². The summed E-state index contributed by atoms with van der Waals surface area (Å²) in [6, 6.07) is 11.8. The molecule has 0 bridgehead atoms. The Morgan fingerprint density at radius 3 is 2.39 bits per heavy atom. The predicted molar refractivity (Wildman–Crippen MR) is 81.8 cm³/mol. The molecule has 2 nitrogen and oxygen atoms in total. The molecule has 2 rings (SSSR count). The van der Waals surface area contributed by atoms with E-state index in [1.165, 1.54) is 0 Å². The van der Waals surface area contributed by atoms with Gasteiger partial charge >= 0.3 is 0 Å². The van der Waals surface area contributed by atoms with Crippen LogP contribution in [-0.4, -0.2) is 0 Å². The average molecular weight is 371 g/mol. The number of rotatable bonds is 3.